The zero-order valence-electron chi connectivity index (χ0n) is 25.6. The van der Waals surface area contributed by atoms with Crippen LogP contribution in [0.3, 0.4) is 0 Å². The smallest absolute Gasteiger partial charge is 0.341 e. The Hall–Kier alpha value is -1.93. The molecule has 3 fully saturated rings. The number of carboxylic acid groups (broad SMARTS) is 1. The summed E-state index contributed by atoms with van der Waals surface area (Å²) in [5.74, 6) is 0.586. The second kappa shape index (κ2) is 12.7. The van der Waals surface area contributed by atoms with Gasteiger partial charge >= 0.3 is 17.9 Å². The van der Waals surface area contributed by atoms with E-state index in [-0.39, 0.29) is 5.41 Å². The van der Waals surface area contributed by atoms with E-state index >= 15 is 0 Å². The van der Waals surface area contributed by atoms with E-state index in [0.717, 1.165) is 36.5 Å². The van der Waals surface area contributed by atoms with Crippen molar-refractivity contribution in [2.75, 3.05) is 6.61 Å². The molecule has 0 aromatic carbocycles. The SMILES string of the molecule is CC(C)CCC[C@H](C)[C@@H]1CC[C@@H]2[C@H]3CC=C4CC(OC(=O)C(O)C(O)C(=O)OCC(=O)O)CC[C@@]4(C)[C@@H]3CC[C@]21C. The summed E-state index contributed by atoms with van der Waals surface area (Å²) < 4.78 is 9.92. The normalized spacial score (nSPS) is 36.7. The summed E-state index contributed by atoms with van der Waals surface area (Å²) in [6.45, 7) is 11.2. The van der Waals surface area contributed by atoms with Gasteiger partial charge < -0.3 is 24.8 Å². The van der Waals surface area contributed by atoms with Crippen LogP contribution in [0.15, 0.2) is 11.6 Å². The Morgan fingerprint density at radius 1 is 0.951 bits per heavy atom. The lowest BCUT2D eigenvalue weighted by molar-refractivity contribution is -0.178. The predicted octanol–water partition coefficient (Wildman–Crippen LogP) is 5.29. The largest absolute Gasteiger partial charge is 0.479 e. The lowest BCUT2D eigenvalue weighted by Gasteiger charge is -2.58. The van der Waals surface area contributed by atoms with E-state index in [1.807, 2.05) is 0 Å². The maximum atomic E-state index is 12.5. The number of aliphatic hydroxyl groups excluding tert-OH is 2. The van der Waals surface area contributed by atoms with Crippen LogP contribution in [0.4, 0.5) is 0 Å². The number of aliphatic carboxylic acids is 1. The van der Waals surface area contributed by atoms with E-state index in [1.54, 1.807) is 0 Å². The quantitative estimate of drug-likeness (QED) is 0.223. The first-order chi connectivity index (χ1) is 19.3. The maximum Gasteiger partial charge on any atom is 0.341 e. The fraction of sp³-hybridized carbons (Fsp3) is 0.848. The topological polar surface area (TPSA) is 130 Å². The molecule has 3 unspecified atom stereocenters. The monoisotopic (exact) mass is 576 g/mol. The molecule has 0 saturated heterocycles. The van der Waals surface area contributed by atoms with Crippen LogP contribution in [-0.2, 0) is 23.9 Å². The fourth-order valence-electron chi connectivity index (χ4n) is 9.46. The van der Waals surface area contributed by atoms with Gasteiger partial charge in [-0.05, 0) is 91.3 Å². The number of fused-ring (bicyclic) bond motifs is 5. The van der Waals surface area contributed by atoms with Gasteiger partial charge in [-0.1, -0.05) is 65.5 Å². The van der Waals surface area contributed by atoms with Gasteiger partial charge in [0.05, 0.1) is 0 Å². The third-order valence-corrected chi connectivity index (χ3v) is 11.7. The number of hydrogen-bond acceptors (Lipinski definition) is 7. The van der Waals surface area contributed by atoms with Crippen molar-refractivity contribution in [2.45, 2.75) is 124 Å². The molecule has 8 nitrogen and oxygen atoms in total. The number of aliphatic hydroxyl groups is 2. The van der Waals surface area contributed by atoms with Crippen molar-refractivity contribution in [1.29, 1.82) is 0 Å². The number of esters is 2. The Kier molecular flexibility index (Phi) is 9.94. The van der Waals surface area contributed by atoms with Gasteiger partial charge in [-0.2, -0.15) is 0 Å². The van der Waals surface area contributed by atoms with Gasteiger partial charge in [0.2, 0.25) is 0 Å². The Morgan fingerprint density at radius 2 is 1.66 bits per heavy atom. The molecular formula is C33H52O8. The lowest BCUT2D eigenvalue weighted by Crippen LogP contribution is -2.51. The predicted molar refractivity (Wildman–Crippen MR) is 154 cm³/mol. The molecule has 0 amide bonds. The van der Waals surface area contributed by atoms with Crippen LogP contribution in [0.5, 0.6) is 0 Å². The van der Waals surface area contributed by atoms with Crippen molar-refractivity contribution in [2.24, 2.45) is 46.3 Å². The molecule has 0 aliphatic heterocycles. The summed E-state index contributed by atoms with van der Waals surface area (Å²) >= 11 is 0. The number of carbonyl (C=O) groups is 3. The zero-order chi connectivity index (χ0) is 30.1. The second-order valence-electron chi connectivity index (χ2n) is 14.5. The molecule has 3 N–H and O–H groups in total. The number of hydrogen-bond donors (Lipinski definition) is 3. The van der Waals surface area contributed by atoms with E-state index in [2.05, 4.69) is 45.4 Å². The Labute approximate surface area is 245 Å². The van der Waals surface area contributed by atoms with Crippen LogP contribution in [-0.4, -0.2) is 58.1 Å². The number of ether oxygens (including phenoxy) is 2. The highest BCUT2D eigenvalue weighted by molar-refractivity contribution is 5.86. The minimum absolute atomic E-state index is 0.0763. The van der Waals surface area contributed by atoms with Gasteiger partial charge in [-0.3, -0.25) is 0 Å². The minimum atomic E-state index is -2.20. The van der Waals surface area contributed by atoms with Crippen molar-refractivity contribution in [1.82, 2.24) is 0 Å². The average molecular weight is 577 g/mol. The van der Waals surface area contributed by atoms with E-state index in [0.29, 0.717) is 30.1 Å². The molecule has 41 heavy (non-hydrogen) atoms. The molecule has 0 heterocycles. The van der Waals surface area contributed by atoms with Crippen LogP contribution >= 0.6 is 0 Å². The van der Waals surface area contributed by atoms with Crippen molar-refractivity contribution in [3.63, 3.8) is 0 Å². The highest BCUT2D eigenvalue weighted by Crippen LogP contribution is 2.67. The van der Waals surface area contributed by atoms with Crippen LogP contribution in [0.25, 0.3) is 0 Å². The summed E-state index contributed by atoms with van der Waals surface area (Å²) in [6, 6.07) is 0. The minimum Gasteiger partial charge on any atom is -0.479 e. The van der Waals surface area contributed by atoms with Gasteiger partial charge in [0, 0.05) is 6.42 Å². The lowest BCUT2D eigenvalue weighted by atomic mass is 9.47. The molecule has 232 valence electrons. The van der Waals surface area contributed by atoms with Crippen molar-refractivity contribution < 1.29 is 39.2 Å². The molecule has 8 heteroatoms. The molecule has 0 aromatic rings. The van der Waals surface area contributed by atoms with E-state index in [1.165, 1.54) is 50.5 Å². The molecule has 10 atom stereocenters. The molecule has 3 saturated carbocycles. The second-order valence-corrected chi connectivity index (χ2v) is 14.5. The maximum absolute atomic E-state index is 12.5. The van der Waals surface area contributed by atoms with Crippen molar-refractivity contribution in [3.05, 3.63) is 11.6 Å². The van der Waals surface area contributed by atoms with E-state index in [4.69, 9.17) is 9.84 Å². The summed E-state index contributed by atoms with van der Waals surface area (Å²) in [5, 5.41) is 28.7. The molecular weight excluding hydrogens is 524 g/mol. The Morgan fingerprint density at radius 3 is 2.34 bits per heavy atom. The van der Waals surface area contributed by atoms with Crippen LogP contribution in [0.2, 0.25) is 0 Å². The number of carbonyl (C=O) groups excluding carboxylic acids is 2. The fourth-order valence-corrected chi connectivity index (χ4v) is 9.46. The van der Waals surface area contributed by atoms with Crippen LogP contribution in [0.1, 0.15) is 105 Å². The van der Waals surface area contributed by atoms with Crippen LogP contribution in [0, 0.1) is 46.3 Å². The molecule has 4 rings (SSSR count). The van der Waals surface area contributed by atoms with E-state index < -0.39 is 42.8 Å². The first kappa shape index (κ1) is 32.0. The average Bonchev–Trinajstić information content (AvgIpc) is 3.28. The van der Waals surface area contributed by atoms with Crippen molar-refractivity contribution >= 4 is 17.9 Å². The molecule has 0 spiro atoms. The molecule has 4 aliphatic rings. The number of allylic oxidation sites excluding steroid dienone is 1. The highest BCUT2D eigenvalue weighted by atomic mass is 16.6. The molecule has 0 aromatic heterocycles. The Bertz CT molecular complexity index is 1010. The van der Waals surface area contributed by atoms with Crippen molar-refractivity contribution in [3.8, 4) is 0 Å². The number of carboxylic acids is 1. The van der Waals surface area contributed by atoms with E-state index in [9.17, 15) is 24.6 Å². The van der Waals surface area contributed by atoms with Gasteiger partial charge in [0.25, 0.3) is 0 Å². The van der Waals surface area contributed by atoms with Gasteiger partial charge in [-0.25, -0.2) is 14.4 Å². The number of rotatable bonds is 11. The first-order valence-corrected chi connectivity index (χ1v) is 15.9. The summed E-state index contributed by atoms with van der Waals surface area (Å²) in [6.07, 6.45) is 10.1. The standard InChI is InChI=1S/C33H52O8/c1-19(2)7-6-8-20(3)24-11-12-25-23-10-9-21-17-22(13-15-32(21,4)26(23)14-16-33(24,25)5)41-31(39)29(37)28(36)30(38)40-18-27(34)35/h9,19-20,22-26,28-29,36-37H,6-8,10-18H2,1-5H3,(H,34,35)/t20-,22?,23+,24-,25+,26+,28?,29?,32+,33-/m0/s1. The van der Waals surface area contributed by atoms with Crippen LogP contribution < -0.4 is 0 Å². The Balaban J connectivity index is 1.37. The third kappa shape index (κ3) is 6.53. The molecule has 0 radical (unpaired) electrons. The summed E-state index contributed by atoms with van der Waals surface area (Å²) in [5.41, 5.74) is 1.83. The van der Waals surface area contributed by atoms with Gasteiger partial charge in [0.1, 0.15) is 6.10 Å². The van der Waals surface area contributed by atoms with Gasteiger partial charge in [-0.15, -0.1) is 0 Å². The summed E-state index contributed by atoms with van der Waals surface area (Å²) in [7, 11) is 0. The summed E-state index contributed by atoms with van der Waals surface area (Å²) in [4.78, 5) is 34.9. The highest BCUT2D eigenvalue weighted by Gasteiger charge is 2.59. The molecule has 0 bridgehead atoms. The zero-order valence-corrected chi connectivity index (χ0v) is 25.6. The third-order valence-electron chi connectivity index (χ3n) is 11.7. The molecule has 4 aliphatic carbocycles. The first-order valence-electron chi connectivity index (χ1n) is 15.9. The van der Waals surface area contributed by atoms with Gasteiger partial charge in [0.15, 0.2) is 18.8 Å².